The van der Waals surface area contributed by atoms with Crippen molar-refractivity contribution in [2.45, 2.75) is 32.9 Å². The fourth-order valence-corrected chi connectivity index (χ4v) is 4.56. The van der Waals surface area contributed by atoms with Gasteiger partial charge in [-0.25, -0.2) is 4.79 Å². The van der Waals surface area contributed by atoms with Crippen molar-refractivity contribution in [3.8, 4) is 11.5 Å². The summed E-state index contributed by atoms with van der Waals surface area (Å²) in [6.45, 7) is 4.53. The van der Waals surface area contributed by atoms with Crippen LogP contribution in [0.2, 0.25) is 0 Å². The molecule has 39 heavy (non-hydrogen) atoms. The van der Waals surface area contributed by atoms with Crippen molar-refractivity contribution in [3.05, 3.63) is 100 Å². The lowest BCUT2D eigenvalue weighted by molar-refractivity contribution is -0.140. The number of ketones is 1. The van der Waals surface area contributed by atoms with E-state index in [0.29, 0.717) is 40.4 Å². The normalized spacial score (nSPS) is 16.3. The van der Waals surface area contributed by atoms with Gasteiger partial charge < -0.3 is 24.2 Å². The number of aliphatic hydroxyl groups is 1. The van der Waals surface area contributed by atoms with Gasteiger partial charge in [0.15, 0.2) is 0 Å². The highest BCUT2D eigenvalue weighted by atomic mass is 16.5. The minimum atomic E-state index is -0.840. The zero-order valence-corrected chi connectivity index (χ0v) is 22.4. The Kier molecular flexibility index (Phi) is 8.34. The number of rotatable bonds is 9. The highest BCUT2D eigenvalue weighted by Crippen LogP contribution is 2.41. The number of hydrogen-bond acceptors (Lipinski definition) is 7. The van der Waals surface area contributed by atoms with E-state index in [1.54, 1.807) is 73.8 Å². The Morgan fingerprint density at radius 2 is 1.62 bits per heavy atom. The standard InChI is InChI=1S/C31H31NO7/c1-5-16-39-25-15-12-23(17-19(25)2)28(33)26-27(21-10-13-24(37-3)14-11-21)32(30(35)29(26)34)18-20-6-8-22(9-7-20)31(36)38-4/h6-15,17,27,33H,5,16,18H2,1-4H3/b28-26-. The molecule has 1 heterocycles. The van der Waals surface area contributed by atoms with Crippen LogP contribution in [0.25, 0.3) is 5.76 Å². The van der Waals surface area contributed by atoms with Crippen LogP contribution in [-0.4, -0.2) is 48.5 Å². The van der Waals surface area contributed by atoms with Crippen LogP contribution >= 0.6 is 0 Å². The maximum absolute atomic E-state index is 13.4. The van der Waals surface area contributed by atoms with E-state index < -0.39 is 23.7 Å². The number of methoxy groups -OCH3 is 2. The summed E-state index contributed by atoms with van der Waals surface area (Å²) in [4.78, 5) is 40.0. The monoisotopic (exact) mass is 529 g/mol. The van der Waals surface area contributed by atoms with Gasteiger partial charge in [-0.3, -0.25) is 9.59 Å². The number of benzene rings is 3. The summed E-state index contributed by atoms with van der Waals surface area (Å²) >= 11 is 0. The summed E-state index contributed by atoms with van der Waals surface area (Å²) in [6, 6.07) is 18.0. The molecular formula is C31H31NO7. The highest BCUT2D eigenvalue weighted by molar-refractivity contribution is 6.46. The number of likely N-dealkylation sites (tertiary alicyclic amines) is 1. The number of carbonyl (C=O) groups is 3. The number of nitrogens with zero attached hydrogens (tertiary/aromatic N) is 1. The van der Waals surface area contributed by atoms with Crippen LogP contribution in [0.15, 0.2) is 72.3 Å². The molecule has 0 radical (unpaired) electrons. The first-order valence-corrected chi connectivity index (χ1v) is 12.6. The van der Waals surface area contributed by atoms with E-state index in [-0.39, 0.29) is 17.9 Å². The molecular weight excluding hydrogens is 498 g/mol. The van der Waals surface area contributed by atoms with Crippen LogP contribution in [0.1, 0.15) is 52.0 Å². The van der Waals surface area contributed by atoms with Crippen molar-refractivity contribution in [2.24, 2.45) is 0 Å². The molecule has 1 fully saturated rings. The van der Waals surface area contributed by atoms with E-state index in [0.717, 1.165) is 12.0 Å². The molecule has 0 aliphatic carbocycles. The third kappa shape index (κ3) is 5.65. The third-order valence-corrected chi connectivity index (χ3v) is 6.61. The van der Waals surface area contributed by atoms with Crippen LogP contribution in [-0.2, 0) is 20.9 Å². The van der Waals surface area contributed by atoms with E-state index in [1.165, 1.54) is 12.0 Å². The van der Waals surface area contributed by atoms with Gasteiger partial charge in [0.25, 0.3) is 11.7 Å². The van der Waals surface area contributed by atoms with Gasteiger partial charge in [-0.2, -0.15) is 0 Å². The maximum Gasteiger partial charge on any atom is 0.337 e. The molecule has 1 amide bonds. The quantitative estimate of drug-likeness (QED) is 0.176. The zero-order chi connectivity index (χ0) is 28.1. The van der Waals surface area contributed by atoms with Gasteiger partial charge in [0.1, 0.15) is 17.3 Å². The average Bonchev–Trinajstić information content (AvgIpc) is 3.21. The summed E-state index contributed by atoms with van der Waals surface area (Å²) in [5.41, 5.74) is 2.93. The number of ether oxygens (including phenoxy) is 3. The predicted molar refractivity (Wildman–Crippen MR) is 146 cm³/mol. The molecule has 8 heteroatoms. The van der Waals surface area contributed by atoms with Crippen LogP contribution in [0.5, 0.6) is 11.5 Å². The fraction of sp³-hybridized carbons (Fsp3) is 0.258. The molecule has 4 rings (SSSR count). The number of amides is 1. The van der Waals surface area contributed by atoms with Gasteiger partial charge in [0.05, 0.1) is 38.0 Å². The number of esters is 1. The Morgan fingerprint density at radius 1 is 0.949 bits per heavy atom. The summed E-state index contributed by atoms with van der Waals surface area (Å²) in [5, 5.41) is 11.4. The predicted octanol–water partition coefficient (Wildman–Crippen LogP) is 5.20. The molecule has 1 atom stereocenters. The molecule has 0 spiro atoms. The van der Waals surface area contributed by atoms with Crippen molar-refractivity contribution in [3.63, 3.8) is 0 Å². The molecule has 1 aliphatic heterocycles. The lowest BCUT2D eigenvalue weighted by Crippen LogP contribution is -2.29. The van der Waals surface area contributed by atoms with Crippen LogP contribution in [0.4, 0.5) is 0 Å². The SMILES string of the molecule is CCCOc1ccc(/C(O)=C2/C(=O)C(=O)N(Cc3ccc(C(=O)OC)cc3)C2c2ccc(OC)cc2)cc1C. The number of Topliss-reactive ketones (excluding diaryl/α,β-unsaturated/α-hetero) is 1. The summed E-state index contributed by atoms with van der Waals surface area (Å²) < 4.78 is 15.8. The smallest absolute Gasteiger partial charge is 0.337 e. The van der Waals surface area contributed by atoms with Crippen LogP contribution in [0.3, 0.4) is 0 Å². The number of carbonyl (C=O) groups excluding carboxylic acids is 3. The van der Waals surface area contributed by atoms with E-state index in [4.69, 9.17) is 14.2 Å². The Morgan fingerprint density at radius 3 is 2.21 bits per heavy atom. The molecule has 1 saturated heterocycles. The first-order chi connectivity index (χ1) is 18.8. The largest absolute Gasteiger partial charge is 0.507 e. The summed E-state index contributed by atoms with van der Waals surface area (Å²) in [5.74, 6) is -0.926. The number of aliphatic hydroxyl groups excluding tert-OH is 1. The van der Waals surface area contributed by atoms with Crippen molar-refractivity contribution in [1.82, 2.24) is 4.90 Å². The third-order valence-electron chi connectivity index (χ3n) is 6.61. The molecule has 0 saturated carbocycles. The molecule has 3 aromatic carbocycles. The average molecular weight is 530 g/mol. The minimum Gasteiger partial charge on any atom is -0.507 e. The molecule has 3 aromatic rings. The summed E-state index contributed by atoms with van der Waals surface area (Å²) in [6.07, 6.45) is 0.859. The Labute approximate surface area is 227 Å². The van der Waals surface area contributed by atoms with Crippen LogP contribution in [0, 0.1) is 6.92 Å². The van der Waals surface area contributed by atoms with E-state index in [9.17, 15) is 19.5 Å². The number of hydrogen-bond donors (Lipinski definition) is 1. The first kappa shape index (κ1) is 27.4. The Bertz CT molecular complexity index is 1410. The second-order valence-electron chi connectivity index (χ2n) is 9.22. The maximum atomic E-state index is 13.4. The summed E-state index contributed by atoms with van der Waals surface area (Å²) in [7, 11) is 2.85. The topological polar surface area (TPSA) is 102 Å². The minimum absolute atomic E-state index is 0.00188. The first-order valence-electron chi connectivity index (χ1n) is 12.6. The van der Waals surface area contributed by atoms with Crippen molar-refractivity contribution in [1.29, 1.82) is 0 Å². The van der Waals surface area contributed by atoms with Gasteiger partial charge in [-0.1, -0.05) is 31.2 Å². The van der Waals surface area contributed by atoms with Gasteiger partial charge >= 0.3 is 5.97 Å². The Balaban J connectivity index is 1.77. The van der Waals surface area contributed by atoms with E-state index in [2.05, 4.69) is 0 Å². The molecule has 1 unspecified atom stereocenters. The lowest BCUT2D eigenvalue weighted by Gasteiger charge is -2.25. The van der Waals surface area contributed by atoms with Gasteiger partial charge in [0, 0.05) is 12.1 Å². The molecule has 0 aromatic heterocycles. The van der Waals surface area contributed by atoms with Crippen LogP contribution < -0.4 is 9.47 Å². The van der Waals surface area contributed by atoms with Crippen molar-refractivity contribution >= 4 is 23.4 Å². The highest BCUT2D eigenvalue weighted by Gasteiger charge is 2.46. The van der Waals surface area contributed by atoms with Gasteiger partial charge in [-0.05, 0) is 72.5 Å². The van der Waals surface area contributed by atoms with E-state index >= 15 is 0 Å². The molecule has 8 nitrogen and oxygen atoms in total. The fourth-order valence-electron chi connectivity index (χ4n) is 4.56. The lowest BCUT2D eigenvalue weighted by atomic mass is 9.94. The van der Waals surface area contributed by atoms with E-state index in [1.807, 2.05) is 13.8 Å². The van der Waals surface area contributed by atoms with Crippen molar-refractivity contribution < 1.29 is 33.7 Å². The second-order valence-corrected chi connectivity index (χ2v) is 9.22. The van der Waals surface area contributed by atoms with Gasteiger partial charge in [-0.15, -0.1) is 0 Å². The Hall–Kier alpha value is -4.59. The molecule has 0 bridgehead atoms. The molecule has 1 N–H and O–H groups in total. The van der Waals surface area contributed by atoms with Gasteiger partial charge in [0.2, 0.25) is 0 Å². The molecule has 202 valence electrons. The van der Waals surface area contributed by atoms with Crippen molar-refractivity contribution in [2.75, 3.05) is 20.8 Å². The zero-order valence-electron chi connectivity index (χ0n) is 22.4. The number of aryl methyl sites for hydroxylation is 1. The second kappa shape index (κ2) is 11.9. The molecule has 1 aliphatic rings.